The molecule has 0 radical (unpaired) electrons. The molecule has 0 aliphatic carbocycles. The van der Waals surface area contributed by atoms with Gasteiger partial charge in [0.15, 0.2) is 0 Å². The molecular weight excluding hydrogens is 340 g/mol. The maximum Gasteiger partial charge on any atom is 0.387 e. The Morgan fingerprint density at radius 3 is 2.48 bits per heavy atom. The van der Waals surface area contributed by atoms with Crippen LogP contribution in [0.25, 0.3) is 0 Å². The van der Waals surface area contributed by atoms with Gasteiger partial charge in [0.2, 0.25) is 0 Å². The molecule has 0 saturated carbocycles. The summed E-state index contributed by atoms with van der Waals surface area (Å²) in [5, 5.41) is 3.21. The second-order valence-corrected chi connectivity index (χ2v) is 5.45. The molecule has 0 aliphatic heterocycles. The van der Waals surface area contributed by atoms with E-state index in [-0.39, 0.29) is 5.75 Å². The summed E-state index contributed by atoms with van der Waals surface area (Å²) in [5.41, 5.74) is 2.86. The van der Waals surface area contributed by atoms with E-state index in [1.807, 2.05) is 24.3 Å². The maximum atomic E-state index is 12.4. The molecule has 0 unspecified atom stereocenters. The zero-order valence-corrected chi connectivity index (χ0v) is 13.2. The fourth-order valence-corrected chi connectivity index (χ4v) is 2.36. The van der Waals surface area contributed by atoms with E-state index < -0.39 is 6.61 Å². The highest BCUT2D eigenvalue weighted by molar-refractivity contribution is 9.10. The average Bonchev–Trinajstić information content (AvgIpc) is 2.47. The topological polar surface area (TPSA) is 21.3 Å². The van der Waals surface area contributed by atoms with Crippen molar-refractivity contribution in [3.8, 4) is 5.75 Å². The van der Waals surface area contributed by atoms with Crippen molar-refractivity contribution in [3.63, 3.8) is 0 Å². The van der Waals surface area contributed by atoms with Gasteiger partial charge in [-0.15, -0.1) is 0 Å². The SMILES string of the molecule is CCc1ccc(NCc2cc(Br)ccc2OC(F)F)cc1. The number of ether oxygens (including phenoxy) is 1. The van der Waals surface area contributed by atoms with E-state index in [0.717, 1.165) is 16.6 Å². The van der Waals surface area contributed by atoms with Crippen LogP contribution in [0, 0.1) is 0 Å². The second kappa shape index (κ2) is 7.41. The van der Waals surface area contributed by atoms with E-state index in [9.17, 15) is 8.78 Å². The predicted molar refractivity (Wildman–Crippen MR) is 83.9 cm³/mol. The van der Waals surface area contributed by atoms with E-state index in [2.05, 4.69) is 32.9 Å². The van der Waals surface area contributed by atoms with Crippen molar-refractivity contribution in [2.75, 3.05) is 5.32 Å². The van der Waals surface area contributed by atoms with Crippen molar-refractivity contribution >= 4 is 21.6 Å². The Labute approximate surface area is 131 Å². The molecular formula is C16H16BrF2NO. The van der Waals surface area contributed by atoms with Gasteiger partial charge >= 0.3 is 6.61 Å². The number of alkyl halides is 2. The molecule has 1 N–H and O–H groups in total. The number of benzene rings is 2. The molecule has 112 valence electrons. The number of anilines is 1. The quantitative estimate of drug-likeness (QED) is 0.766. The summed E-state index contributed by atoms with van der Waals surface area (Å²) in [6.45, 7) is -0.320. The third kappa shape index (κ3) is 4.70. The number of hydrogen-bond acceptors (Lipinski definition) is 2. The van der Waals surface area contributed by atoms with Crippen LogP contribution in [0.5, 0.6) is 5.75 Å². The lowest BCUT2D eigenvalue weighted by atomic mass is 10.1. The smallest absolute Gasteiger partial charge is 0.387 e. The molecule has 2 aromatic carbocycles. The van der Waals surface area contributed by atoms with Gasteiger partial charge in [0, 0.05) is 22.3 Å². The van der Waals surface area contributed by atoms with Crippen LogP contribution < -0.4 is 10.1 Å². The van der Waals surface area contributed by atoms with Crippen molar-refractivity contribution in [1.29, 1.82) is 0 Å². The van der Waals surface area contributed by atoms with Gasteiger partial charge in [-0.25, -0.2) is 0 Å². The molecule has 0 saturated heterocycles. The Balaban J connectivity index is 2.08. The Hall–Kier alpha value is -1.62. The lowest BCUT2D eigenvalue weighted by Crippen LogP contribution is -2.07. The summed E-state index contributed by atoms with van der Waals surface area (Å²) in [6.07, 6.45) is 0.984. The monoisotopic (exact) mass is 355 g/mol. The van der Waals surface area contributed by atoms with Crippen LogP contribution >= 0.6 is 15.9 Å². The minimum Gasteiger partial charge on any atom is -0.434 e. The molecule has 0 amide bonds. The second-order valence-electron chi connectivity index (χ2n) is 4.53. The molecule has 0 bridgehead atoms. The van der Waals surface area contributed by atoms with Gasteiger partial charge in [0.25, 0.3) is 0 Å². The number of aryl methyl sites for hydroxylation is 1. The summed E-state index contributed by atoms with van der Waals surface area (Å²) in [4.78, 5) is 0. The summed E-state index contributed by atoms with van der Waals surface area (Å²) < 4.78 is 30.1. The number of nitrogens with one attached hydrogen (secondary N) is 1. The average molecular weight is 356 g/mol. The highest BCUT2D eigenvalue weighted by Crippen LogP contribution is 2.25. The maximum absolute atomic E-state index is 12.4. The number of halogens is 3. The molecule has 0 heterocycles. The normalized spacial score (nSPS) is 10.7. The van der Waals surface area contributed by atoms with Crippen LogP contribution in [-0.4, -0.2) is 6.61 Å². The fourth-order valence-electron chi connectivity index (χ4n) is 1.95. The van der Waals surface area contributed by atoms with Gasteiger partial charge in [-0.3, -0.25) is 0 Å². The first-order chi connectivity index (χ1) is 10.1. The summed E-state index contributed by atoms with van der Waals surface area (Å²) in [6, 6.07) is 13.0. The van der Waals surface area contributed by atoms with Crippen LogP contribution in [0.1, 0.15) is 18.1 Å². The molecule has 0 atom stereocenters. The van der Waals surface area contributed by atoms with E-state index in [4.69, 9.17) is 0 Å². The first-order valence-corrected chi connectivity index (χ1v) is 7.44. The van der Waals surface area contributed by atoms with Gasteiger partial charge in [0.1, 0.15) is 5.75 Å². The van der Waals surface area contributed by atoms with Crippen LogP contribution in [-0.2, 0) is 13.0 Å². The Morgan fingerprint density at radius 2 is 1.86 bits per heavy atom. The lowest BCUT2D eigenvalue weighted by molar-refractivity contribution is -0.0504. The molecule has 2 rings (SSSR count). The predicted octanol–water partition coefficient (Wildman–Crippen LogP) is 5.23. The zero-order chi connectivity index (χ0) is 15.2. The number of hydrogen-bond donors (Lipinski definition) is 1. The lowest BCUT2D eigenvalue weighted by Gasteiger charge is -2.13. The summed E-state index contributed by atoms with van der Waals surface area (Å²) in [5.74, 6) is 0.186. The van der Waals surface area contributed by atoms with Crippen molar-refractivity contribution in [2.24, 2.45) is 0 Å². The number of rotatable bonds is 6. The highest BCUT2D eigenvalue weighted by atomic mass is 79.9. The van der Waals surface area contributed by atoms with Crippen molar-refractivity contribution in [1.82, 2.24) is 0 Å². The molecule has 0 spiro atoms. The highest BCUT2D eigenvalue weighted by Gasteiger charge is 2.10. The first-order valence-electron chi connectivity index (χ1n) is 6.64. The summed E-state index contributed by atoms with van der Waals surface area (Å²) in [7, 11) is 0. The first kappa shape index (κ1) is 15.8. The Morgan fingerprint density at radius 1 is 1.14 bits per heavy atom. The van der Waals surface area contributed by atoms with Crippen molar-refractivity contribution < 1.29 is 13.5 Å². The molecule has 21 heavy (non-hydrogen) atoms. The van der Waals surface area contributed by atoms with E-state index in [0.29, 0.717) is 12.1 Å². The fraction of sp³-hybridized carbons (Fsp3) is 0.250. The molecule has 2 nitrogen and oxygen atoms in total. The van der Waals surface area contributed by atoms with Crippen LogP contribution in [0.2, 0.25) is 0 Å². The zero-order valence-electron chi connectivity index (χ0n) is 11.6. The van der Waals surface area contributed by atoms with Crippen molar-refractivity contribution in [2.45, 2.75) is 26.5 Å². The molecule has 0 aliphatic rings. The Kier molecular flexibility index (Phi) is 5.56. The van der Waals surface area contributed by atoms with Crippen molar-refractivity contribution in [3.05, 3.63) is 58.1 Å². The van der Waals surface area contributed by atoms with E-state index in [1.165, 1.54) is 11.6 Å². The van der Waals surface area contributed by atoms with Gasteiger partial charge in [-0.2, -0.15) is 8.78 Å². The van der Waals surface area contributed by atoms with Gasteiger partial charge in [-0.1, -0.05) is 35.0 Å². The third-order valence-electron chi connectivity index (χ3n) is 3.08. The molecule has 2 aromatic rings. The molecule has 0 aromatic heterocycles. The van der Waals surface area contributed by atoms with Gasteiger partial charge in [0.05, 0.1) is 0 Å². The van der Waals surface area contributed by atoms with E-state index in [1.54, 1.807) is 12.1 Å². The summed E-state index contributed by atoms with van der Waals surface area (Å²) >= 11 is 3.34. The van der Waals surface area contributed by atoms with Gasteiger partial charge in [-0.05, 0) is 42.3 Å². The van der Waals surface area contributed by atoms with Crippen LogP contribution in [0.3, 0.4) is 0 Å². The standard InChI is InChI=1S/C16H16BrF2NO/c1-2-11-3-6-14(7-4-11)20-10-12-9-13(17)5-8-15(12)21-16(18)19/h3-9,16,20H,2,10H2,1H3. The largest absolute Gasteiger partial charge is 0.434 e. The van der Waals surface area contributed by atoms with Crippen LogP contribution in [0.15, 0.2) is 46.9 Å². The minimum absolute atomic E-state index is 0.186. The molecule has 0 fully saturated rings. The van der Waals surface area contributed by atoms with E-state index >= 15 is 0 Å². The third-order valence-corrected chi connectivity index (χ3v) is 3.58. The van der Waals surface area contributed by atoms with Gasteiger partial charge < -0.3 is 10.1 Å². The molecule has 5 heteroatoms. The minimum atomic E-state index is -2.83. The van der Waals surface area contributed by atoms with Crippen LogP contribution in [0.4, 0.5) is 14.5 Å². The Bertz CT molecular complexity index is 587.